The molecule has 0 radical (unpaired) electrons. The number of morpholine rings is 1. The minimum Gasteiger partial charge on any atom is -0.469 e. The van der Waals surface area contributed by atoms with Crippen LogP contribution in [0.1, 0.15) is 175 Å². The summed E-state index contributed by atoms with van der Waals surface area (Å²) in [5.41, 5.74) is 0. The van der Waals surface area contributed by atoms with Crippen LogP contribution in [0.15, 0.2) is 0 Å². The van der Waals surface area contributed by atoms with Gasteiger partial charge in [-0.15, -0.1) is 0 Å². The molecule has 0 saturated carbocycles. The van der Waals surface area contributed by atoms with Crippen molar-refractivity contribution in [3.63, 3.8) is 0 Å². The molecule has 0 spiro atoms. The Labute approximate surface area is 584 Å². The lowest BCUT2D eigenvalue weighted by Gasteiger charge is -2.50. The topological polar surface area (TPSA) is 316 Å². The predicted molar refractivity (Wildman–Crippen MR) is 369 cm³/mol. The molecule has 98 heavy (non-hydrogen) atoms. The number of likely N-dealkylation sites (N-methyl/N-ethyl adjacent to an activating group) is 6. The lowest BCUT2D eigenvalue weighted by Crippen LogP contribution is -2.72. The van der Waals surface area contributed by atoms with Crippen LogP contribution in [0, 0.1) is 35.5 Å². The third-order valence-corrected chi connectivity index (χ3v) is 19.3. The SMILES string of the molecule is CC[C@@H]1NC(=O)[C@@H]2[C@@H]([C@H](C)CCCCC(=O)OC)ON2C(=O)[C@H](C(C)C)N(C)C(=O)[C@H](CC(C)C)N(C)C(=O)[C@H](CC(C)C)N(C)C(=O)[C@@H](C)NC(=O)[C@H](C)NC(=O)[C@H](CC(C)C)N(C)C(=O)[C@H](C(C)C)NC(=O)[C@H]([C@@H](C)OCCCCN2CCOCC2)N(C)C(=O)[C@@H](C)N(C)C1=O. The summed E-state index contributed by atoms with van der Waals surface area (Å²) in [6, 6.07) is -13.9. The molecule has 0 aliphatic carbocycles. The number of esters is 1. The highest BCUT2D eigenvalue weighted by Crippen LogP contribution is 2.34. The van der Waals surface area contributed by atoms with E-state index in [0.717, 1.165) is 36.0 Å². The summed E-state index contributed by atoms with van der Waals surface area (Å²) in [5.74, 6) is -10.1. The molecular weight excluding hydrogens is 1260 g/mol. The van der Waals surface area contributed by atoms with Gasteiger partial charge in [-0.1, -0.05) is 89.5 Å². The second kappa shape index (κ2) is 40.1. The zero-order valence-corrected chi connectivity index (χ0v) is 63.4. The van der Waals surface area contributed by atoms with Crippen LogP contribution in [0.3, 0.4) is 0 Å². The summed E-state index contributed by atoms with van der Waals surface area (Å²) in [7, 11) is 9.88. The third-order valence-electron chi connectivity index (χ3n) is 19.3. The molecule has 0 aromatic heterocycles. The Bertz CT molecular complexity index is 2690. The van der Waals surface area contributed by atoms with Crippen LogP contribution in [0.25, 0.3) is 0 Å². The van der Waals surface area contributed by atoms with E-state index in [1.807, 2.05) is 48.5 Å². The zero-order chi connectivity index (χ0) is 74.5. The van der Waals surface area contributed by atoms with Crippen molar-refractivity contribution in [1.29, 1.82) is 0 Å². The van der Waals surface area contributed by atoms with E-state index in [4.69, 9.17) is 19.0 Å². The van der Waals surface area contributed by atoms with E-state index in [9.17, 15) is 33.6 Å². The molecule has 0 aromatic rings. The van der Waals surface area contributed by atoms with Crippen molar-refractivity contribution < 1.29 is 76.6 Å². The first kappa shape index (κ1) is 85.7. The Morgan fingerprint density at radius 2 is 1.04 bits per heavy atom. The number of amides is 11. The summed E-state index contributed by atoms with van der Waals surface area (Å²) in [4.78, 5) is 192. The van der Waals surface area contributed by atoms with E-state index in [-0.39, 0.29) is 62.4 Å². The number of hydrogen-bond acceptors (Lipinski definition) is 17. The fourth-order valence-corrected chi connectivity index (χ4v) is 12.9. The quantitative estimate of drug-likeness (QED) is 0.0893. The molecule has 0 unspecified atom stereocenters. The summed E-state index contributed by atoms with van der Waals surface area (Å²) < 4.78 is 16.7. The Hall–Kier alpha value is -6.52. The highest BCUT2D eigenvalue weighted by atomic mass is 16.7. The molecule has 28 heteroatoms. The molecule has 3 fully saturated rings. The standard InChI is InChI=1S/C70H124N12O16/c1-24-50-66(90)75(17)48(15)65(89)80(22)57(49(16)97-34-28-27-31-81-32-35-96-36-33-81)62(86)74-55(43(8)9)69(93)76(18)51(37-40(2)3)61(85)71-46(13)60(84)72-47(14)64(88)77(19)52(38-41(4)5)67(91)78(20)53(39-42(6)7)68(92)79(21)56(44(10)11)70(94)82-58(63(87)73-50)59(98-82)45(12)29-25-26-30-54(83)95-23/h40-53,55-59H,24-39H2,1-23H3,(H,71,85)(H,72,84)(H,73,87)(H,74,86)/t45-,46+,47-,48-,49-,50+,51+,52+,53+,55+,56+,57+,58+,59-/m1/s1. The Morgan fingerprint density at radius 1 is 0.520 bits per heavy atom. The summed E-state index contributed by atoms with van der Waals surface area (Å²) >= 11 is 0. The smallest absolute Gasteiger partial charge is 0.305 e. The second-order valence-corrected chi connectivity index (χ2v) is 29.3. The van der Waals surface area contributed by atoms with Crippen molar-refractivity contribution in [1.82, 2.24) is 60.6 Å². The number of ether oxygens (including phenoxy) is 3. The number of methoxy groups -OCH3 is 1. The normalized spacial score (nSPS) is 27.8. The van der Waals surface area contributed by atoms with Gasteiger partial charge >= 0.3 is 5.97 Å². The predicted octanol–water partition coefficient (Wildman–Crippen LogP) is 3.22. The Morgan fingerprint density at radius 3 is 1.57 bits per heavy atom. The van der Waals surface area contributed by atoms with Crippen LogP contribution >= 0.6 is 0 Å². The van der Waals surface area contributed by atoms with Gasteiger partial charge in [0.05, 0.1) is 26.4 Å². The lowest BCUT2D eigenvalue weighted by molar-refractivity contribution is -0.322. The maximum absolute atomic E-state index is 15.3. The number of carbonyl (C=O) groups excluding carboxylic acids is 12. The van der Waals surface area contributed by atoms with Crippen LogP contribution in [0.2, 0.25) is 0 Å². The van der Waals surface area contributed by atoms with Gasteiger partial charge in [0.2, 0.25) is 59.1 Å². The van der Waals surface area contributed by atoms with Crippen LogP contribution in [-0.4, -0.2) is 278 Å². The van der Waals surface area contributed by atoms with E-state index < -0.39 is 161 Å². The number of rotatable bonds is 22. The fraction of sp³-hybridized carbons (Fsp3) is 0.829. The van der Waals surface area contributed by atoms with Gasteiger partial charge in [0.15, 0.2) is 6.04 Å². The summed E-state index contributed by atoms with van der Waals surface area (Å²) in [6.45, 7) is 31.5. The number of hydroxylamine groups is 2. The highest BCUT2D eigenvalue weighted by Gasteiger charge is 2.55. The number of fused-ring (bicyclic) bond motifs is 1. The molecule has 3 aliphatic rings. The first-order valence-electron chi connectivity index (χ1n) is 35.6. The van der Waals surface area contributed by atoms with Crippen molar-refractivity contribution in [3.8, 4) is 0 Å². The van der Waals surface area contributed by atoms with Crippen LogP contribution < -0.4 is 21.3 Å². The van der Waals surface area contributed by atoms with E-state index in [1.165, 1.54) is 94.7 Å². The molecule has 560 valence electrons. The number of hydrogen-bond donors (Lipinski definition) is 4. The van der Waals surface area contributed by atoms with Gasteiger partial charge in [-0.05, 0) is 121 Å². The summed E-state index contributed by atoms with van der Waals surface area (Å²) in [5, 5.41) is 12.1. The molecule has 3 aliphatic heterocycles. The van der Waals surface area contributed by atoms with Gasteiger partial charge in [-0.3, -0.25) is 67.3 Å². The van der Waals surface area contributed by atoms with Crippen molar-refractivity contribution in [2.24, 2.45) is 35.5 Å². The molecule has 0 aromatic carbocycles. The van der Waals surface area contributed by atoms with Gasteiger partial charge in [-0.2, -0.15) is 0 Å². The van der Waals surface area contributed by atoms with Gasteiger partial charge in [0, 0.05) is 68.4 Å². The molecule has 0 bridgehead atoms. The molecule has 14 atom stereocenters. The number of carbonyl (C=O) groups is 12. The van der Waals surface area contributed by atoms with E-state index in [2.05, 4.69) is 26.2 Å². The Kier molecular flexibility index (Phi) is 35.0. The van der Waals surface area contributed by atoms with Gasteiger partial charge < -0.3 is 64.9 Å². The van der Waals surface area contributed by atoms with E-state index in [1.54, 1.807) is 41.5 Å². The largest absolute Gasteiger partial charge is 0.469 e. The van der Waals surface area contributed by atoms with Gasteiger partial charge in [-0.25, -0.2) is 5.06 Å². The van der Waals surface area contributed by atoms with Crippen LogP contribution in [-0.2, 0) is 76.6 Å². The molecule has 3 heterocycles. The number of nitrogens with zero attached hydrogens (tertiary/aromatic N) is 8. The van der Waals surface area contributed by atoms with Gasteiger partial charge in [0.25, 0.3) is 5.91 Å². The maximum Gasteiger partial charge on any atom is 0.305 e. The minimum atomic E-state index is -1.40. The zero-order valence-electron chi connectivity index (χ0n) is 63.4. The molecule has 28 nitrogen and oxygen atoms in total. The van der Waals surface area contributed by atoms with Crippen molar-refractivity contribution >= 4 is 70.9 Å². The van der Waals surface area contributed by atoms with Crippen molar-refractivity contribution in [3.05, 3.63) is 0 Å². The lowest BCUT2D eigenvalue weighted by atomic mass is 9.88. The molecule has 3 saturated heterocycles. The van der Waals surface area contributed by atoms with Crippen LogP contribution in [0.5, 0.6) is 0 Å². The number of unbranched alkanes of at least 4 members (excludes halogenated alkanes) is 2. The summed E-state index contributed by atoms with van der Waals surface area (Å²) in [6.07, 6.45) is 1.50. The Balaban J connectivity index is 2.29. The van der Waals surface area contributed by atoms with Crippen LogP contribution in [0.4, 0.5) is 0 Å². The molecular formula is C70H124N12O16. The minimum absolute atomic E-state index is 0.0194. The second-order valence-electron chi connectivity index (χ2n) is 29.3. The molecule has 3 rings (SSSR count). The first-order valence-corrected chi connectivity index (χ1v) is 35.6. The average Bonchev–Trinajstić information content (AvgIpc) is 0.754. The monoisotopic (exact) mass is 1390 g/mol. The maximum atomic E-state index is 15.3. The number of nitrogens with one attached hydrogen (secondary N) is 4. The highest BCUT2D eigenvalue weighted by molar-refractivity contribution is 6.00. The van der Waals surface area contributed by atoms with Gasteiger partial charge in [0.1, 0.15) is 66.5 Å². The average molecular weight is 1390 g/mol. The van der Waals surface area contributed by atoms with E-state index in [0.29, 0.717) is 38.9 Å². The van der Waals surface area contributed by atoms with Crippen molar-refractivity contribution in [2.45, 2.75) is 254 Å². The fourth-order valence-electron chi connectivity index (χ4n) is 12.9. The third kappa shape index (κ3) is 23.5. The van der Waals surface area contributed by atoms with Crippen molar-refractivity contribution in [2.75, 3.05) is 88.9 Å². The first-order chi connectivity index (χ1) is 45.8. The molecule has 11 amide bonds. The van der Waals surface area contributed by atoms with E-state index >= 15 is 24.0 Å². The molecule has 4 N–H and O–H groups in total.